The van der Waals surface area contributed by atoms with Gasteiger partial charge in [-0.3, -0.25) is 4.79 Å². The Labute approximate surface area is 139 Å². The molecule has 1 aliphatic carbocycles. The average Bonchev–Trinajstić information content (AvgIpc) is 2.96. The molecule has 0 amide bonds. The number of ketones is 1. The second kappa shape index (κ2) is 4.68. The molecule has 1 N–H and O–H groups in total. The Bertz CT molecular complexity index is 814. The van der Waals surface area contributed by atoms with E-state index in [1.165, 1.54) is 11.8 Å². The minimum Gasteiger partial charge on any atom is -0.368 e. The molecule has 1 aromatic heterocycles. The van der Waals surface area contributed by atoms with Gasteiger partial charge in [-0.15, -0.1) is 5.10 Å². The lowest BCUT2D eigenvalue weighted by Gasteiger charge is -2.41. The molecule has 23 heavy (non-hydrogen) atoms. The molecule has 2 aromatic rings. The molecule has 4 rings (SSSR count). The van der Waals surface area contributed by atoms with Crippen molar-refractivity contribution in [2.24, 2.45) is 5.41 Å². The van der Waals surface area contributed by atoms with Crippen LogP contribution in [0.2, 0.25) is 0 Å². The predicted molar refractivity (Wildman–Crippen MR) is 88.1 cm³/mol. The first kappa shape index (κ1) is 14.9. The summed E-state index contributed by atoms with van der Waals surface area (Å²) < 4.78 is 1.57. The number of aryl methyl sites for hydroxylation is 1. The molecule has 1 saturated carbocycles. The van der Waals surface area contributed by atoms with Crippen LogP contribution in [0.15, 0.2) is 29.4 Å². The van der Waals surface area contributed by atoms with E-state index in [4.69, 9.17) is 0 Å². The molecular formula is C17H19N3O2S. The lowest BCUT2D eigenvalue weighted by atomic mass is 9.72. The van der Waals surface area contributed by atoms with Crippen molar-refractivity contribution in [3.8, 4) is 11.4 Å². The van der Waals surface area contributed by atoms with E-state index in [0.29, 0.717) is 23.8 Å². The first-order valence-corrected chi connectivity index (χ1v) is 8.63. The Hall–Kier alpha value is -1.66. The van der Waals surface area contributed by atoms with Crippen LogP contribution < -0.4 is 0 Å². The molecule has 1 fully saturated rings. The predicted octanol–water partition coefficient (Wildman–Crippen LogP) is 2.76. The smallest absolute Gasteiger partial charge is 0.190 e. The molecular weight excluding hydrogens is 310 g/mol. The molecule has 2 unspecified atom stereocenters. The Kier molecular flexibility index (Phi) is 3.03. The highest BCUT2D eigenvalue weighted by Crippen LogP contribution is 2.52. The number of nitrogens with zero attached hydrogens (tertiary/aromatic N) is 3. The highest BCUT2D eigenvalue weighted by molar-refractivity contribution is 8.00. The van der Waals surface area contributed by atoms with Gasteiger partial charge in [-0.2, -0.15) is 0 Å². The summed E-state index contributed by atoms with van der Waals surface area (Å²) in [5.74, 6) is 0.678. The number of thioether (sulfide) groups is 1. The van der Waals surface area contributed by atoms with Crippen LogP contribution >= 0.6 is 11.8 Å². The molecule has 6 heteroatoms. The summed E-state index contributed by atoms with van der Waals surface area (Å²) in [5, 5.41) is 15.9. The van der Waals surface area contributed by atoms with Crippen molar-refractivity contribution in [2.75, 3.05) is 0 Å². The van der Waals surface area contributed by atoms with Crippen LogP contribution in [-0.2, 0) is 10.5 Å². The average molecular weight is 329 g/mol. The van der Waals surface area contributed by atoms with E-state index in [2.05, 4.69) is 10.1 Å². The second-order valence-corrected chi connectivity index (χ2v) is 8.43. The number of benzene rings is 1. The van der Waals surface area contributed by atoms with Crippen molar-refractivity contribution >= 4 is 17.5 Å². The zero-order valence-corrected chi connectivity index (χ0v) is 14.2. The lowest BCUT2D eigenvalue weighted by Crippen LogP contribution is -2.52. The monoisotopic (exact) mass is 329 g/mol. The van der Waals surface area contributed by atoms with E-state index in [1.54, 1.807) is 4.68 Å². The maximum atomic E-state index is 12.4. The van der Waals surface area contributed by atoms with E-state index < -0.39 is 11.0 Å². The minimum absolute atomic E-state index is 0.0816. The quantitative estimate of drug-likeness (QED) is 0.871. The molecule has 2 aliphatic rings. The zero-order chi connectivity index (χ0) is 16.4. The van der Waals surface area contributed by atoms with Crippen molar-refractivity contribution in [3.05, 3.63) is 29.8 Å². The third kappa shape index (κ3) is 2.23. The van der Waals surface area contributed by atoms with Gasteiger partial charge in [0.15, 0.2) is 22.5 Å². The molecule has 0 spiro atoms. The van der Waals surface area contributed by atoms with Gasteiger partial charge in [-0.05, 0) is 18.4 Å². The summed E-state index contributed by atoms with van der Waals surface area (Å²) in [5.41, 5.74) is 0.554. The van der Waals surface area contributed by atoms with Gasteiger partial charge in [-0.1, -0.05) is 49.4 Å². The summed E-state index contributed by atoms with van der Waals surface area (Å²) in [6.07, 6.45) is 0.996. The van der Waals surface area contributed by atoms with Crippen LogP contribution in [-0.4, -0.2) is 30.9 Å². The number of aliphatic hydroxyl groups is 1. The maximum Gasteiger partial charge on any atom is 0.190 e. The highest BCUT2D eigenvalue weighted by Gasteiger charge is 2.58. The standard InChI is InChI=1S/C17H19N3O2S/c1-10-5-4-6-11(7-10)14-18-15-20(19-14)17(22)9-16(2,3)8-12(21)13(17)23-15/h4-7,13,22H,8-9H2,1-3H3. The highest BCUT2D eigenvalue weighted by atomic mass is 32.2. The fourth-order valence-corrected chi connectivity index (χ4v) is 4.90. The summed E-state index contributed by atoms with van der Waals surface area (Å²) in [4.78, 5) is 17.0. The summed E-state index contributed by atoms with van der Waals surface area (Å²) in [7, 11) is 0. The molecule has 2 atom stereocenters. The molecule has 0 radical (unpaired) electrons. The first-order valence-electron chi connectivity index (χ1n) is 7.75. The normalized spacial score (nSPS) is 28.5. The third-order valence-corrected chi connectivity index (χ3v) is 5.90. The third-order valence-electron chi connectivity index (χ3n) is 4.55. The number of rotatable bonds is 1. The van der Waals surface area contributed by atoms with Gasteiger partial charge >= 0.3 is 0 Å². The van der Waals surface area contributed by atoms with Gasteiger partial charge in [-0.25, -0.2) is 9.67 Å². The molecule has 0 saturated heterocycles. The van der Waals surface area contributed by atoms with Crippen molar-refractivity contribution in [1.82, 2.24) is 14.8 Å². The van der Waals surface area contributed by atoms with E-state index >= 15 is 0 Å². The van der Waals surface area contributed by atoms with Gasteiger partial charge in [0.05, 0.1) is 0 Å². The number of hydrogen-bond acceptors (Lipinski definition) is 5. The second-order valence-electron chi connectivity index (χ2n) is 7.36. The van der Waals surface area contributed by atoms with Crippen molar-refractivity contribution in [1.29, 1.82) is 0 Å². The summed E-state index contributed by atoms with van der Waals surface area (Å²) >= 11 is 1.34. The number of fused-ring (bicyclic) bond motifs is 3. The van der Waals surface area contributed by atoms with Gasteiger partial charge < -0.3 is 5.11 Å². The molecule has 1 aliphatic heterocycles. The summed E-state index contributed by atoms with van der Waals surface area (Å²) in [6, 6.07) is 7.97. The molecule has 0 bridgehead atoms. The van der Waals surface area contributed by atoms with Gasteiger partial charge in [0.2, 0.25) is 0 Å². The fraction of sp³-hybridized carbons (Fsp3) is 0.471. The SMILES string of the molecule is Cc1cccc(-c2nc3n(n2)C2(O)CC(C)(C)CC(=O)C2S3)c1. The molecule has 5 nitrogen and oxygen atoms in total. The number of Topliss-reactive ketones (excluding diaryl/α,β-unsaturated/α-hetero) is 1. The van der Waals surface area contributed by atoms with Crippen LogP contribution in [0.1, 0.15) is 32.3 Å². The van der Waals surface area contributed by atoms with Crippen molar-refractivity contribution in [3.63, 3.8) is 0 Å². The number of carbonyl (C=O) groups excluding carboxylic acids is 1. The minimum atomic E-state index is -1.27. The van der Waals surface area contributed by atoms with E-state index in [1.807, 2.05) is 45.0 Å². The maximum absolute atomic E-state index is 12.4. The summed E-state index contributed by atoms with van der Waals surface area (Å²) in [6.45, 7) is 6.05. The zero-order valence-electron chi connectivity index (χ0n) is 13.4. The van der Waals surface area contributed by atoms with E-state index in [9.17, 15) is 9.90 Å². The van der Waals surface area contributed by atoms with Crippen LogP contribution in [0.4, 0.5) is 0 Å². The largest absolute Gasteiger partial charge is 0.368 e. The van der Waals surface area contributed by atoms with E-state index in [0.717, 1.165) is 11.1 Å². The Morgan fingerprint density at radius 1 is 1.39 bits per heavy atom. The van der Waals surface area contributed by atoms with Crippen LogP contribution in [0.3, 0.4) is 0 Å². The molecule has 1 aromatic carbocycles. The van der Waals surface area contributed by atoms with Gasteiger partial charge in [0.25, 0.3) is 0 Å². The van der Waals surface area contributed by atoms with Crippen LogP contribution in [0, 0.1) is 12.3 Å². The Balaban J connectivity index is 1.78. The topological polar surface area (TPSA) is 68.0 Å². The Morgan fingerprint density at radius 3 is 2.91 bits per heavy atom. The first-order chi connectivity index (χ1) is 10.8. The molecule has 2 heterocycles. The van der Waals surface area contributed by atoms with E-state index in [-0.39, 0.29) is 11.2 Å². The van der Waals surface area contributed by atoms with Crippen molar-refractivity contribution < 1.29 is 9.90 Å². The number of hydrogen-bond donors (Lipinski definition) is 1. The Morgan fingerprint density at radius 2 is 2.17 bits per heavy atom. The fourth-order valence-electron chi connectivity index (χ4n) is 3.67. The van der Waals surface area contributed by atoms with Crippen LogP contribution in [0.5, 0.6) is 0 Å². The molecule has 120 valence electrons. The van der Waals surface area contributed by atoms with Gasteiger partial charge in [0.1, 0.15) is 5.25 Å². The van der Waals surface area contributed by atoms with Crippen molar-refractivity contribution in [2.45, 2.75) is 49.7 Å². The number of aromatic nitrogens is 3. The lowest BCUT2D eigenvalue weighted by molar-refractivity contribution is -0.146. The van der Waals surface area contributed by atoms with Gasteiger partial charge in [0, 0.05) is 18.4 Å². The number of carbonyl (C=O) groups is 1. The van der Waals surface area contributed by atoms with Crippen LogP contribution in [0.25, 0.3) is 11.4 Å².